The first-order valence-corrected chi connectivity index (χ1v) is 8.05. The van der Waals surface area contributed by atoms with Crippen molar-refractivity contribution in [2.75, 3.05) is 20.8 Å². The van der Waals surface area contributed by atoms with Crippen LogP contribution < -0.4 is 14.8 Å². The van der Waals surface area contributed by atoms with E-state index in [2.05, 4.69) is 17.2 Å². The molecule has 25 heavy (non-hydrogen) atoms. The summed E-state index contributed by atoms with van der Waals surface area (Å²) in [5.41, 5.74) is 3.30. The summed E-state index contributed by atoms with van der Waals surface area (Å²) in [7, 11) is 3.20. The number of rotatable bonds is 6. The molecule has 1 heterocycles. The van der Waals surface area contributed by atoms with Gasteiger partial charge in [-0.15, -0.1) is 0 Å². The third-order valence-electron chi connectivity index (χ3n) is 4.21. The first-order valence-electron chi connectivity index (χ1n) is 8.05. The Morgan fingerprint density at radius 3 is 2.80 bits per heavy atom. The number of hydrogen-bond donors (Lipinski definition) is 2. The minimum absolute atomic E-state index is 0.181. The van der Waals surface area contributed by atoms with Gasteiger partial charge >= 0.3 is 0 Å². The number of amides is 1. The van der Waals surface area contributed by atoms with Crippen molar-refractivity contribution in [3.63, 3.8) is 0 Å². The summed E-state index contributed by atoms with van der Waals surface area (Å²) in [6.07, 6.45) is 2.67. The number of carbonyl (C=O) groups is 1. The van der Waals surface area contributed by atoms with Gasteiger partial charge < -0.3 is 19.8 Å². The molecule has 1 aromatic heterocycles. The van der Waals surface area contributed by atoms with Gasteiger partial charge in [-0.2, -0.15) is 0 Å². The minimum Gasteiger partial charge on any atom is -0.497 e. The van der Waals surface area contributed by atoms with Crippen molar-refractivity contribution in [1.29, 1.82) is 0 Å². The van der Waals surface area contributed by atoms with Gasteiger partial charge in [-0.3, -0.25) is 4.79 Å². The maximum atomic E-state index is 12.5. The molecule has 0 aliphatic carbocycles. The lowest BCUT2D eigenvalue weighted by Crippen LogP contribution is -2.26. The monoisotopic (exact) mass is 337 g/mol. The molecule has 0 saturated heterocycles. The Kier molecular flexibility index (Phi) is 4.93. The molecule has 2 aromatic carbocycles. The van der Waals surface area contributed by atoms with Gasteiger partial charge in [0.1, 0.15) is 11.5 Å². The molecule has 0 fully saturated rings. The molecule has 0 aliphatic rings. The largest absolute Gasteiger partial charge is 0.497 e. The number of benzene rings is 2. The van der Waals surface area contributed by atoms with Crippen LogP contribution in [0.15, 0.2) is 42.6 Å². The van der Waals surface area contributed by atoms with Crippen LogP contribution in [0, 0.1) is 6.92 Å². The van der Waals surface area contributed by atoms with Crippen LogP contribution in [0.1, 0.15) is 21.5 Å². The summed E-state index contributed by atoms with van der Waals surface area (Å²) in [5, 5.41) is 4.04. The average Bonchev–Trinajstić information content (AvgIpc) is 3.03. The lowest BCUT2D eigenvalue weighted by atomic mass is 10.1. The second-order valence-corrected chi connectivity index (χ2v) is 5.73. The van der Waals surface area contributed by atoms with E-state index >= 15 is 0 Å². The summed E-state index contributed by atoms with van der Waals surface area (Å²) in [4.78, 5) is 15.7. The molecule has 0 aliphatic heterocycles. The number of H-pyrrole nitrogens is 1. The number of carbonyl (C=O) groups excluding carboxylic acids is 1. The highest BCUT2D eigenvalue weighted by Crippen LogP contribution is 2.24. The number of aromatic nitrogens is 1. The number of methoxy groups -OCH3 is 2. The van der Waals surface area contributed by atoms with Crippen LogP contribution >= 0.6 is 0 Å². The fourth-order valence-corrected chi connectivity index (χ4v) is 2.89. The van der Waals surface area contributed by atoms with Crippen LogP contribution in [-0.4, -0.2) is 31.7 Å². The average molecular weight is 337 g/mol. The standard InChI is InChI=1S/C20H21N2O3/c1-13-5-4-6-18(25-3)19(13)20(23)21-10-9-14-12-22-17-8-7-15(24-2)11-16(14)17/h4-8,11-12,22H,1,9-10H2,2-3H3,(H,21,23). The van der Waals surface area contributed by atoms with Crippen LogP contribution in [0.2, 0.25) is 0 Å². The first kappa shape index (κ1) is 16.9. The Morgan fingerprint density at radius 1 is 1.20 bits per heavy atom. The molecule has 5 heteroatoms. The van der Waals surface area contributed by atoms with Gasteiger partial charge in [-0.1, -0.05) is 12.1 Å². The van der Waals surface area contributed by atoms with E-state index in [0.717, 1.165) is 22.2 Å². The van der Waals surface area contributed by atoms with Gasteiger partial charge in [-0.25, -0.2) is 0 Å². The second kappa shape index (κ2) is 7.30. The highest BCUT2D eigenvalue weighted by Gasteiger charge is 2.14. The van der Waals surface area contributed by atoms with Gasteiger partial charge in [0.15, 0.2) is 0 Å². The molecule has 0 unspecified atom stereocenters. The number of hydrogen-bond acceptors (Lipinski definition) is 3. The zero-order valence-electron chi connectivity index (χ0n) is 14.4. The number of fused-ring (bicyclic) bond motifs is 1. The van der Waals surface area contributed by atoms with E-state index < -0.39 is 0 Å². The quantitative estimate of drug-likeness (QED) is 0.725. The predicted octanol–water partition coefficient (Wildman–Crippen LogP) is 3.34. The zero-order valence-corrected chi connectivity index (χ0v) is 14.4. The maximum Gasteiger partial charge on any atom is 0.255 e. The van der Waals surface area contributed by atoms with Crippen LogP contribution in [0.5, 0.6) is 11.5 Å². The summed E-state index contributed by atoms with van der Waals surface area (Å²) < 4.78 is 10.5. The molecule has 1 radical (unpaired) electrons. The van der Waals surface area contributed by atoms with E-state index in [1.807, 2.05) is 30.5 Å². The highest BCUT2D eigenvalue weighted by atomic mass is 16.5. The van der Waals surface area contributed by atoms with E-state index in [1.54, 1.807) is 26.4 Å². The fraction of sp³-hybridized carbons (Fsp3) is 0.200. The second-order valence-electron chi connectivity index (χ2n) is 5.73. The lowest BCUT2D eigenvalue weighted by molar-refractivity contribution is 0.0951. The van der Waals surface area contributed by atoms with E-state index in [-0.39, 0.29) is 5.91 Å². The summed E-state index contributed by atoms with van der Waals surface area (Å²) >= 11 is 0. The van der Waals surface area contributed by atoms with Crippen molar-refractivity contribution >= 4 is 16.8 Å². The van der Waals surface area contributed by atoms with Crippen LogP contribution in [0.3, 0.4) is 0 Å². The van der Waals surface area contributed by atoms with E-state index in [4.69, 9.17) is 9.47 Å². The molecule has 3 aromatic rings. The van der Waals surface area contributed by atoms with Crippen LogP contribution in [-0.2, 0) is 6.42 Å². The third kappa shape index (κ3) is 3.45. The van der Waals surface area contributed by atoms with Gasteiger partial charge in [-0.05, 0) is 48.7 Å². The Hall–Kier alpha value is -2.95. The maximum absolute atomic E-state index is 12.5. The SMILES string of the molecule is [CH2]c1cccc(OC)c1C(=O)NCCc1c[nH]c2ccc(OC)cc12. The summed E-state index contributed by atoms with van der Waals surface area (Å²) in [6.45, 7) is 4.42. The van der Waals surface area contributed by atoms with Gasteiger partial charge in [0.2, 0.25) is 0 Å². The van der Waals surface area contributed by atoms with Crippen molar-refractivity contribution in [1.82, 2.24) is 10.3 Å². The Morgan fingerprint density at radius 2 is 2.04 bits per heavy atom. The molecule has 3 rings (SSSR count). The number of ether oxygens (including phenoxy) is 2. The van der Waals surface area contributed by atoms with Crippen molar-refractivity contribution in [3.05, 3.63) is 66.2 Å². The Bertz CT molecular complexity index is 899. The van der Waals surface area contributed by atoms with Crippen molar-refractivity contribution in [3.8, 4) is 11.5 Å². The van der Waals surface area contributed by atoms with Crippen molar-refractivity contribution < 1.29 is 14.3 Å². The van der Waals surface area contributed by atoms with Gasteiger partial charge in [0.05, 0.1) is 19.8 Å². The lowest BCUT2D eigenvalue weighted by Gasteiger charge is -2.11. The van der Waals surface area contributed by atoms with Crippen LogP contribution in [0.4, 0.5) is 0 Å². The Labute approximate surface area is 147 Å². The van der Waals surface area contributed by atoms with Crippen molar-refractivity contribution in [2.24, 2.45) is 0 Å². The summed E-state index contributed by atoms with van der Waals surface area (Å²) in [6, 6.07) is 11.3. The number of nitrogens with one attached hydrogen (secondary N) is 2. The molecule has 0 atom stereocenters. The molecule has 0 saturated carbocycles. The molecule has 5 nitrogen and oxygen atoms in total. The fourth-order valence-electron chi connectivity index (χ4n) is 2.89. The van der Waals surface area contributed by atoms with E-state index in [9.17, 15) is 4.79 Å². The topological polar surface area (TPSA) is 63.3 Å². The summed E-state index contributed by atoms with van der Waals surface area (Å²) in [5.74, 6) is 1.16. The van der Waals surface area contributed by atoms with E-state index in [0.29, 0.717) is 29.8 Å². The normalized spacial score (nSPS) is 10.7. The molecule has 0 bridgehead atoms. The molecule has 129 valence electrons. The van der Waals surface area contributed by atoms with Crippen molar-refractivity contribution in [2.45, 2.75) is 6.42 Å². The molecular weight excluding hydrogens is 316 g/mol. The molecule has 2 N–H and O–H groups in total. The molecular formula is C20H21N2O3. The smallest absolute Gasteiger partial charge is 0.255 e. The van der Waals surface area contributed by atoms with Gasteiger partial charge in [0.25, 0.3) is 5.91 Å². The first-order chi connectivity index (χ1) is 12.1. The zero-order chi connectivity index (χ0) is 17.8. The van der Waals surface area contributed by atoms with Crippen LogP contribution in [0.25, 0.3) is 10.9 Å². The Balaban J connectivity index is 1.70. The number of aromatic amines is 1. The highest BCUT2D eigenvalue weighted by molar-refractivity contribution is 5.98. The third-order valence-corrected chi connectivity index (χ3v) is 4.21. The van der Waals surface area contributed by atoms with Gasteiger partial charge in [0, 0.05) is 23.6 Å². The molecule has 0 spiro atoms. The minimum atomic E-state index is -0.181. The molecule has 1 amide bonds. The predicted molar refractivity (Wildman–Crippen MR) is 98.3 cm³/mol. The van der Waals surface area contributed by atoms with E-state index in [1.165, 1.54) is 0 Å².